The number of aliphatic hydroxyl groups excluding tert-OH is 2. The molecule has 47 heavy (non-hydrogen) atoms. The Hall–Kier alpha value is -3.60. The third-order valence-corrected chi connectivity index (χ3v) is 9.13. The first kappa shape index (κ1) is 34.7. The Kier molecular flexibility index (Phi) is 12.9. The summed E-state index contributed by atoms with van der Waals surface area (Å²) in [6.45, 7) is 4.46. The van der Waals surface area contributed by atoms with Crippen LogP contribution in [0, 0.1) is 0 Å². The summed E-state index contributed by atoms with van der Waals surface area (Å²) in [6.07, 6.45) is 5.00. The van der Waals surface area contributed by atoms with Crippen LogP contribution < -0.4 is 10.6 Å². The van der Waals surface area contributed by atoms with Gasteiger partial charge in [0.05, 0.1) is 25.4 Å². The molecule has 2 heterocycles. The lowest BCUT2D eigenvalue weighted by molar-refractivity contribution is -0.253. The normalized spacial score (nSPS) is 21.4. The molecule has 4 N–H and O–H groups in total. The monoisotopic (exact) mass is 643 g/mol. The molecule has 9 nitrogen and oxygen atoms in total. The lowest BCUT2D eigenvalue weighted by Gasteiger charge is -2.38. The summed E-state index contributed by atoms with van der Waals surface area (Å²) in [5.41, 5.74) is 5.95. The van der Waals surface area contributed by atoms with Gasteiger partial charge in [-0.3, -0.25) is 14.5 Å². The zero-order valence-corrected chi connectivity index (χ0v) is 27.4. The predicted octanol–water partition coefficient (Wildman–Crippen LogP) is 5.16. The number of amides is 2. The number of nitrogens with one attached hydrogen (secondary N) is 2. The molecule has 9 heteroatoms. The summed E-state index contributed by atoms with van der Waals surface area (Å²) in [5, 5.41) is 25.3. The van der Waals surface area contributed by atoms with Crippen LogP contribution in [0.5, 0.6) is 0 Å². The molecule has 3 aromatic rings. The quantitative estimate of drug-likeness (QED) is 0.169. The number of rotatable bonds is 15. The van der Waals surface area contributed by atoms with Crippen molar-refractivity contribution in [3.05, 3.63) is 95.1 Å². The smallest absolute Gasteiger partial charge is 0.220 e. The van der Waals surface area contributed by atoms with Crippen molar-refractivity contribution in [2.45, 2.75) is 89.6 Å². The van der Waals surface area contributed by atoms with Crippen molar-refractivity contribution in [3.63, 3.8) is 0 Å². The highest BCUT2D eigenvalue weighted by atomic mass is 16.7. The fourth-order valence-corrected chi connectivity index (χ4v) is 6.50. The van der Waals surface area contributed by atoms with Crippen LogP contribution in [-0.4, -0.2) is 65.3 Å². The molecule has 0 bridgehead atoms. The summed E-state index contributed by atoms with van der Waals surface area (Å²) in [7, 11) is 0. The maximum Gasteiger partial charge on any atom is 0.220 e. The van der Waals surface area contributed by atoms with Crippen molar-refractivity contribution in [1.29, 1.82) is 0 Å². The molecule has 2 aliphatic heterocycles. The van der Waals surface area contributed by atoms with Gasteiger partial charge in [0.1, 0.15) is 0 Å². The van der Waals surface area contributed by atoms with E-state index in [1.165, 1.54) is 6.92 Å². The van der Waals surface area contributed by atoms with Gasteiger partial charge in [-0.2, -0.15) is 0 Å². The van der Waals surface area contributed by atoms with Crippen LogP contribution in [-0.2, 0) is 32.2 Å². The van der Waals surface area contributed by atoms with Gasteiger partial charge in [0.25, 0.3) is 0 Å². The second-order valence-corrected chi connectivity index (χ2v) is 12.7. The first-order valence-corrected chi connectivity index (χ1v) is 17.0. The minimum atomic E-state index is -0.563. The van der Waals surface area contributed by atoms with Gasteiger partial charge >= 0.3 is 0 Å². The third kappa shape index (κ3) is 10.2. The lowest BCUT2D eigenvalue weighted by atomic mass is 9.98. The number of nitrogens with zero attached hydrogens (tertiary/aromatic N) is 1. The SMILES string of the molecule is CC(=O)NCCCCCC(=O)NCc1cccc(-c2cccc([C@@H]3O[C@H](CN4CCC[C@H]4CO)C[C@H](c4ccc(CO)cc4)O3)c2)c1. The van der Waals surface area contributed by atoms with Crippen LogP contribution in [0.3, 0.4) is 0 Å². The Balaban J connectivity index is 1.24. The topological polar surface area (TPSA) is 120 Å². The minimum Gasteiger partial charge on any atom is -0.395 e. The molecule has 5 rings (SSSR count). The minimum absolute atomic E-state index is 0.000160. The lowest BCUT2D eigenvalue weighted by Crippen LogP contribution is -2.42. The van der Waals surface area contributed by atoms with Crippen LogP contribution in [0.25, 0.3) is 11.1 Å². The van der Waals surface area contributed by atoms with Crippen LogP contribution in [0.15, 0.2) is 72.8 Å². The van der Waals surface area contributed by atoms with Crippen molar-refractivity contribution in [2.24, 2.45) is 0 Å². The maximum absolute atomic E-state index is 12.4. The first-order valence-electron chi connectivity index (χ1n) is 17.0. The van der Waals surface area contributed by atoms with E-state index in [1.54, 1.807) is 0 Å². The zero-order chi connectivity index (χ0) is 33.0. The summed E-state index contributed by atoms with van der Waals surface area (Å²) in [6, 6.07) is 24.5. The molecule has 2 amide bonds. The van der Waals surface area contributed by atoms with Crippen LogP contribution >= 0.6 is 0 Å². The van der Waals surface area contributed by atoms with E-state index in [0.717, 1.165) is 78.6 Å². The predicted molar refractivity (Wildman–Crippen MR) is 181 cm³/mol. The molecule has 2 fully saturated rings. The molecular formula is C38H49N3O6. The highest BCUT2D eigenvalue weighted by Gasteiger charge is 2.35. The average molecular weight is 644 g/mol. The molecule has 3 aromatic carbocycles. The molecule has 2 saturated heterocycles. The Morgan fingerprint density at radius 1 is 0.872 bits per heavy atom. The van der Waals surface area contributed by atoms with Crippen molar-refractivity contribution in [3.8, 4) is 11.1 Å². The van der Waals surface area contributed by atoms with E-state index in [0.29, 0.717) is 25.9 Å². The van der Waals surface area contributed by atoms with E-state index in [4.69, 9.17) is 9.47 Å². The van der Waals surface area contributed by atoms with Crippen molar-refractivity contribution in [2.75, 3.05) is 26.2 Å². The molecule has 0 radical (unpaired) electrons. The number of aliphatic hydroxyl groups is 2. The second-order valence-electron chi connectivity index (χ2n) is 12.7. The molecule has 4 atom stereocenters. The number of carbonyl (C=O) groups is 2. The molecule has 2 aliphatic rings. The van der Waals surface area contributed by atoms with Crippen molar-refractivity contribution < 1.29 is 29.3 Å². The Morgan fingerprint density at radius 2 is 1.66 bits per heavy atom. The van der Waals surface area contributed by atoms with Gasteiger partial charge in [-0.1, -0.05) is 67.1 Å². The number of carbonyl (C=O) groups excluding carboxylic acids is 2. The maximum atomic E-state index is 12.4. The van der Waals surface area contributed by atoms with E-state index in [1.807, 2.05) is 48.5 Å². The highest BCUT2D eigenvalue weighted by Crippen LogP contribution is 2.39. The Morgan fingerprint density at radius 3 is 2.43 bits per heavy atom. The van der Waals surface area contributed by atoms with Gasteiger partial charge < -0.3 is 30.3 Å². The van der Waals surface area contributed by atoms with E-state index < -0.39 is 6.29 Å². The summed E-state index contributed by atoms with van der Waals surface area (Å²) < 4.78 is 13.2. The Labute approximate surface area is 278 Å². The third-order valence-electron chi connectivity index (χ3n) is 9.13. The van der Waals surface area contributed by atoms with E-state index in [2.05, 4.69) is 39.8 Å². The standard InChI is InChI=1S/C38H49N3O6/c1-27(44)39-18-4-2-3-13-37(45)40-23-29-8-5-9-31(20-29)32-10-6-11-33(21-32)38-46-35(24-41-19-7-12-34(41)26-43)22-36(47-38)30-16-14-28(25-42)15-17-30/h5-6,8-11,14-17,20-21,34-36,38,42-43H,2-4,7,12-13,18-19,22-26H2,1H3,(H,39,44)(H,40,45)/t34-,35-,36+,38+/m0/s1. The fourth-order valence-electron chi connectivity index (χ4n) is 6.50. The Bertz CT molecular complexity index is 1450. The molecule has 0 aliphatic carbocycles. The van der Waals surface area contributed by atoms with Gasteiger partial charge in [-0.25, -0.2) is 0 Å². The van der Waals surface area contributed by atoms with Crippen LogP contribution in [0.4, 0.5) is 0 Å². The molecule has 0 aromatic heterocycles. The van der Waals surface area contributed by atoms with Gasteiger partial charge in [-0.05, 0) is 72.2 Å². The summed E-state index contributed by atoms with van der Waals surface area (Å²) >= 11 is 0. The number of ether oxygens (including phenoxy) is 2. The van der Waals surface area contributed by atoms with Crippen molar-refractivity contribution in [1.82, 2.24) is 15.5 Å². The first-order chi connectivity index (χ1) is 22.9. The highest BCUT2D eigenvalue weighted by molar-refractivity contribution is 5.76. The van der Waals surface area contributed by atoms with Crippen molar-refractivity contribution >= 4 is 11.8 Å². The van der Waals surface area contributed by atoms with Gasteiger partial charge in [0.2, 0.25) is 11.8 Å². The summed E-state index contributed by atoms with van der Waals surface area (Å²) in [4.78, 5) is 25.7. The van der Waals surface area contributed by atoms with Gasteiger partial charge in [0.15, 0.2) is 6.29 Å². The van der Waals surface area contributed by atoms with Crippen LogP contribution in [0.2, 0.25) is 0 Å². The largest absolute Gasteiger partial charge is 0.395 e. The number of unbranched alkanes of at least 4 members (excludes halogenated alkanes) is 2. The molecule has 252 valence electrons. The molecule has 0 saturated carbocycles. The number of hydrogen-bond donors (Lipinski definition) is 4. The molecular weight excluding hydrogens is 594 g/mol. The fraction of sp³-hybridized carbons (Fsp3) is 0.474. The molecule has 0 spiro atoms. The summed E-state index contributed by atoms with van der Waals surface area (Å²) in [5.74, 6) is -0.000396. The number of likely N-dealkylation sites (tertiary alicyclic amines) is 1. The number of hydrogen-bond acceptors (Lipinski definition) is 7. The van der Waals surface area contributed by atoms with E-state index in [-0.39, 0.29) is 43.3 Å². The van der Waals surface area contributed by atoms with Crippen LogP contribution in [0.1, 0.15) is 86.5 Å². The van der Waals surface area contributed by atoms with E-state index in [9.17, 15) is 19.8 Å². The van der Waals surface area contributed by atoms with Gasteiger partial charge in [-0.15, -0.1) is 0 Å². The zero-order valence-electron chi connectivity index (χ0n) is 27.4. The second kappa shape index (κ2) is 17.5. The van der Waals surface area contributed by atoms with E-state index >= 15 is 0 Å². The number of benzene rings is 3. The average Bonchev–Trinajstić information content (AvgIpc) is 3.55. The van der Waals surface area contributed by atoms with Gasteiger partial charge in [0, 0.05) is 51.0 Å². The molecule has 0 unspecified atom stereocenters.